The van der Waals surface area contributed by atoms with Crippen LogP contribution < -0.4 is 16.0 Å². The van der Waals surface area contributed by atoms with Crippen molar-refractivity contribution >= 4 is 29.0 Å². The van der Waals surface area contributed by atoms with Crippen molar-refractivity contribution in [2.45, 2.75) is 20.0 Å². The summed E-state index contributed by atoms with van der Waals surface area (Å²) in [5.74, 6) is -1.01. The predicted molar refractivity (Wildman–Crippen MR) is 114 cm³/mol. The molecule has 7 nitrogen and oxygen atoms in total. The summed E-state index contributed by atoms with van der Waals surface area (Å²) in [5, 5.41) is 8.09. The Kier molecular flexibility index (Phi) is 6.42. The van der Waals surface area contributed by atoms with Gasteiger partial charge in [-0.2, -0.15) is 13.2 Å². The summed E-state index contributed by atoms with van der Waals surface area (Å²) in [4.78, 5) is 32.5. The lowest BCUT2D eigenvalue weighted by molar-refractivity contribution is -0.141. The minimum Gasteiger partial charge on any atom is -0.355 e. The van der Waals surface area contributed by atoms with Crippen LogP contribution in [0.2, 0.25) is 0 Å². The highest BCUT2D eigenvalue weighted by atomic mass is 19.4. The number of carbonyl (C=O) groups is 2. The van der Waals surface area contributed by atoms with Crippen LogP contribution in [0.4, 0.5) is 30.4 Å². The van der Waals surface area contributed by atoms with E-state index in [1.165, 1.54) is 32.3 Å². The third-order valence-corrected chi connectivity index (χ3v) is 4.53. The number of pyridine rings is 2. The fourth-order valence-corrected chi connectivity index (χ4v) is 2.91. The van der Waals surface area contributed by atoms with Gasteiger partial charge in [-0.1, -0.05) is 18.2 Å². The van der Waals surface area contributed by atoms with Crippen molar-refractivity contribution < 1.29 is 22.8 Å². The number of aryl methyl sites for hydroxylation is 2. The van der Waals surface area contributed by atoms with E-state index in [1.54, 1.807) is 6.07 Å². The van der Waals surface area contributed by atoms with E-state index in [0.29, 0.717) is 11.8 Å². The molecule has 3 rings (SSSR count). The van der Waals surface area contributed by atoms with E-state index in [-0.39, 0.29) is 28.3 Å². The average molecular weight is 443 g/mol. The highest BCUT2D eigenvalue weighted by Crippen LogP contribution is 2.30. The van der Waals surface area contributed by atoms with Gasteiger partial charge in [0.2, 0.25) is 0 Å². The first-order valence-electron chi connectivity index (χ1n) is 9.50. The van der Waals surface area contributed by atoms with Gasteiger partial charge in [0.25, 0.3) is 11.8 Å². The maximum atomic E-state index is 13.1. The summed E-state index contributed by atoms with van der Waals surface area (Å²) in [7, 11) is 1.44. The highest BCUT2D eigenvalue weighted by molar-refractivity contribution is 6.07. The molecular weight excluding hydrogens is 423 g/mol. The molecule has 10 heteroatoms. The van der Waals surface area contributed by atoms with Crippen molar-refractivity contribution in [2.24, 2.45) is 0 Å². The van der Waals surface area contributed by atoms with Gasteiger partial charge in [-0.15, -0.1) is 0 Å². The number of nitrogens with one attached hydrogen (secondary N) is 3. The van der Waals surface area contributed by atoms with Crippen molar-refractivity contribution in [1.29, 1.82) is 0 Å². The molecule has 1 aromatic carbocycles. The summed E-state index contributed by atoms with van der Waals surface area (Å²) in [6, 6.07) is 10.7. The first-order valence-corrected chi connectivity index (χ1v) is 9.50. The summed E-state index contributed by atoms with van der Waals surface area (Å²) in [6.07, 6.45) is -3.37. The Bertz CT molecular complexity index is 1180. The van der Waals surface area contributed by atoms with Crippen molar-refractivity contribution in [3.63, 3.8) is 0 Å². The smallest absolute Gasteiger partial charge is 0.355 e. The van der Waals surface area contributed by atoms with E-state index in [4.69, 9.17) is 0 Å². The first-order chi connectivity index (χ1) is 15.1. The number of aromatic nitrogens is 2. The standard InChI is InChI=1S/C22H20F3N5O2/c1-12-6-4-5-7-16(12)29-19-17(9-15(11-27-19)20(31)26-3)30-21(32)14-8-13(2)28-18(10-14)22(23,24)25/h4-11H,1-3H3,(H,26,31)(H,27,29)(H,30,32). The summed E-state index contributed by atoms with van der Waals surface area (Å²) >= 11 is 0. The minimum atomic E-state index is -4.70. The number of rotatable bonds is 5. The predicted octanol–water partition coefficient (Wildman–Crippen LogP) is 4.47. The lowest BCUT2D eigenvalue weighted by atomic mass is 10.1. The second kappa shape index (κ2) is 9.04. The van der Waals surface area contributed by atoms with E-state index >= 15 is 0 Å². The maximum absolute atomic E-state index is 13.1. The molecule has 3 N–H and O–H groups in total. The molecule has 2 aromatic heterocycles. The maximum Gasteiger partial charge on any atom is 0.433 e. The van der Waals surface area contributed by atoms with Crippen LogP contribution in [0.15, 0.2) is 48.7 Å². The van der Waals surface area contributed by atoms with Gasteiger partial charge in [0, 0.05) is 30.2 Å². The summed E-state index contributed by atoms with van der Waals surface area (Å²) in [5.41, 5.74) is 0.557. The molecular formula is C22H20F3N5O2. The first kappa shape index (κ1) is 22.7. The molecule has 166 valence electrons. The third-order valence-electron chi connectivity index (χ3n) is 4.53. The van der Waals surface area contributed by atoms with Gasteiger partial charge in [0.15, 0.2) is 5.82 Å². The fraction of sp³-hybridized carbons (Fsp3) is 0.182. The number of nitrogens with zero attached hydrogens (tertiary/aromatic N) is 2. The van der Waals surface area contributed by atoms with Crippen LogP contribution in [0, 0.1) is 13.8 Å². The number of alkyl halides is 3. The topological polar surface area (TPSA) is 96.0 Å². The van der Waals surface area contributed by atoms with E-state index in [2.05, 4.69) is 25.9 Å². The van der Waals surface area contributed by atoms with Crippen molar-refractivity contribution in [1.82, 2.24) is 15.3 Å². The molecule has 0 atom stereocenters. The molecule has 3 aromatic rings. The highest BCUT2D eigenvalue weighted by Gasteiger charge is 2.33. The summed E-state index contributed by atoms with van der Waals surface area (Å²) < 4.78 is 39.3. The normalized spacial score (nSPS) is 11.1. The molecule has 32 heavy (non-hydrogen) atoms. The van der Waals surface area contributed by atoms with Crippen LogP contribution in [-0.2, 0) is 6.18 Å². The van der Waals surface area contributed by atoms with E-state index in [0.717, 1.165) is 5.56 Å². The third kappa shape index (κ3) is 5.20. The van der Waals surface area contributed by atoms with Gasteiger partial charge in [0.05, 0.1) is 11.3 Å². The van der Waals surface area contributed by atoms with Gasteiger partial charge >= 0.3 is 6.18 Å². The Morgan fingerprint density at radius 3 is 2.31 bits per heavy atom. The van der Waals surface area contributed by atoms with Crippen LogP contribution in [0.1, 0.15) is 37.7 Å². The fourth-order valence-electron chi connectivity index (χ4n) is 2.91. The van der Waals surface area contributed by atoms with Crippen molar-refractivity contribution in [3.05, 3.63) is 76.7 Å². The molecule has 0 saturated heterocycles. The van der Waals surface area contributed by atoms with Gasteiger partial charge in [-0.3, -0.25) is 9.59 Å². The van der Waals surface area contributed by atoms with Crippen LogP contribution in [0.25, 0.3) is 0 Å². The molecule has 0 fully saturated rings. The molecule has 0 radical (unpaired) electrons. The number of halogens is 3. The zero-order valence-electron chi connectivity index (χ0n) is 17.5. The number of amides is 2. The largest absolute Gasteiger partial charge is 0.433 e. The molecule has 0 saturated carbocycles. The molecule has 2 amide bonds. The monoisotopic (exact) mass is 443 g/mol. The molecule has 0 bridgehead atoms. The van der Waals surface area contributed by atoms with E-state index in [9.17, 15) is 22.8 Å². The van der Waals surface area contributed by atoms with Gasteiger partial charge < -0.3 is 16.0 Å². The van der Waals surface area contributed by atoms with E-state index < -0.39 is 23.7 Å². The number of benzene rings is 1. The van der Waals surface area contributed by atoms with E-state index in [1.807, 2.05) is 25.1 Å². The van der Waals surface area contributed by atoms with Gasteiger partial charge in [0.1, 0.15) is 5.69 Å². The van der Waals surface area contributed by atoms with Crippen molar-refractivity contribution in [3.8, 4) is 0 Å². The number of carbonyl (C=O) groups excluding carboxylic acids is 2. The van der Waals surface area contributed by atoms with Gasteiger partial charge in [-0.25, -0.2) is 9.97 Å². The molecule has 0 aliphatic heterocycles. The quantitative estimate of drug-likeness (QED) is 0.541. The zero-order chi connectivity index (χ0) is 23.5. The Morgan fingerprint density at radius 1 is 0.938 bits per heavy atom. The zero-order valence-corrected chi connectivity index (χ0v) is 17.5. The summed E-state index contributed by atoms with van der Waals surface area (Å²) in [6.45, 7) is 3.24. The molecule has 0 spiro atoms. The minimum absolute atomic E-state index is 0.0421. The number of hydrogen-bond acceptors (Lipinski definition) is 5. The average Bonchev–Trinajstić information content (AvgIpc) is 2.74. The second-order valence-corrected chi connectivity index (χ2v) is 6.97. The van der Waals surface area contributed by atoms with Crippen LogP contribution >= 0.6 is 0 Å². The molecule has 2 heterocycles. The Morgan fingerprint density at radius 2 is 1.66 bits per heavy atom. The van der Waals surface area contributed by atoms with Crippen LogP contribution in [0.5, 0.6) is 0 Å². The number of anilines is 3. The second-order valence-electron chi connectivity index (χ2n) is 6.97. The molecule has 0 aliphatic rings. The van der Waals surface area contributed by atoms with Gasteiger partial charge in [-0.05, 0) is 43.7 Å². The lowest BCUT2D eigenvalue weighted by Crippen LogP contribution is -2.20. The van der Waals surface area contributed by atoms with Crippen LogP contribution in [0.3, 0.4) is 0 Å². The molecule has 0 unspecified atom stereocenters. The van der Waals surface area contributed by atoms with Crippen LogP contribution in [-0.4, -0.2) is 28.8 Å². The number of hydrogen-bond donors (Lipinski definition) is 3. The Hall–Kier alpha value is -3.95. The molecule has 0 aliphatic carbocycles. The SMILES string of the molecule is CNC(=O)c1cnc(Nc2ccccc2C)c(NC(=O)c2cc(C)nc(C(F)(F)F)c2)c1. The lowest BCUT2D eigenvalue weighted by Gasteiger charge is -2.15. The Balaban J connectivity index is 2.00. The Labute approximate surface area is 182 Å². The number of para-hydroxylation sites is 1. The van der Waals surface area contributed by atoms with Crippen molar-refractivity contribution in [2.75, 3.05) is 17.7 Å².